The number of hydrogen-bond acceptors (Lipinski definition) is 4. The standard InChI is InChI=1S/C14H19N3S/c1-3-18-13-6-4-5-12(13)17-14-11(9-15)10(2)7-8-16-14/h7-8,12-13H,3-6H2,1-2H3,(H,16,17). The van der Waals surface area contributed by atoms with Gasteiger partial charge in [-0.25, -0.2) is 4.98 Å². The van der Waals surface area contributed by atoms with Gasteiger partial charge in [0.1, 0.15) is 11.9 Å². The second-order valence-corrected chi connectivity index (χ2v) is 6.15. The van der Waals surface area contributed by atoms with E-state index in [2.05, 4.69) is 23.3 Å². The first-order valence-corrected chi connectivity index (χ1v) is 7.55. The summed E-state index contributed by atoms with van der Waals surface area (Å²) >= 11 is 2.01. The predicted octanol–water partition coefficient (Wildman–Crippen LogP) is 3.35. The van der Waals surface area contributed by atoms with Gasteiger partial charge in [-0.1, -0.05) is 13.3 Å². The van der Waals surface area contributed by atoms with E-state index in [1.54, 1.807) is 6.20 Å². The van der Waals surface area contributed by atoms with Gasteiger partial charge in [-0.15, -0.1) is 0 Å². The fraction of sp³-hybridized carbons (Fsp3) is 0.571. The molecule has 1 saturated carbocycles. The number of rotatable bonds is 4. The van der Waals surface area contributed by atoms with Crippen LogP contribution in [0.25, 0.3) is 0 Å². The van der Waals surface area contributed by atoms with Gasteiger partial charge in [-0.2, -0.15) is 17.0 Å². The number of nitriles is 1. The molecular weight excluding hydrogens is 242 g/mol. The van der Waals surface area contributed by atoms with Crippen LogP contribution < -0.4 is 5.32 Å². The molecule has 18 heavy (non-hydrogen) atoms. The lowest BCUT2D eigenvalue weighted by Crippen LogP contribution is -2.27. The zero-order valence-corrected chi connectivity index (χ0v) is 11.8. The van der Waals surface area contributed by atoms with E-state index in [-0.39, 0.29) is 0 Å². The van der Waals surface area contributed by atoms with E-state index in [1.165, 1.54) is 19.3 Å². The van der Waals surface area contributed by atoms with Crippen molar-refractivity contribution in [3.05, 3.63) is 23.4 Å². The summed E-state index contributed by atoms with van der Waals surface area (Å²) in [5.74, 6) is 1.90. The largest absolute Gasteiger partial charge is 0.365 e. The van der Waals surface area contributed by atoms with Crippen LogP contribution in [0.5, 0.6) is 0 Å². The van der Waals surface area contributed by atoms with Crippen molar-refractivity contribution in [2.45, 2.75) is 44.4 Å². The third-order valence-electron chi connectivity index (χ3n) is 3.43. The van der Waals surface area contributed by atoms with Crippen molar-refractivity contribution >= 4 is 17.6 Å². The van der Waals surface area contributed by atoms with Gasteiger partial charge in [-0.05, 0) is 37.1 Å². The minimum absolute atomic E-state index is 0.455. The molecule has 0 amide bonds. The number of thioether (sulfide) groups is 1. The molecule has 1 N–H and O–H groups in total. The van der Waals surface area contributed by atoms with Crippen molar-refractivity contribution in [3.8, 4) is 6.07 Å². The molecule has 96 valence electrons. The Hall–Kier alpha value is -1.21. The lowest BCUT2D eigenvalue weighted by molar-refractivity contribution is 0.762. The SMILES string of the molecule is CCSC1CCCC1Nc1nccc(C)c1C#N. The lowest BCUT2D eigenvalue weighted by Gasteiger charge is -2.21. The van der Waals surface area contributed by atoms with E-state index in [9.17, 15) is 5.26 Å². The molecule has 0 aromatic carbocycles. The molecule has 0 aliphatic heterocycles. The molecular formula is C14H19N3S. The third-order valence-corrected chi connectivity index (χ3v) is 4.75. The maximum atomic E-state index is 9.21. The van der Waals surface area contributed by atoms with E-state index in [1.807, 2.05) is 24.8 Å². The summed E-state index contributed by atoms with van der Waals surface area (Å²) in [6.45, 7) is 4.16. The Morgan fingerprint density at radius 3 is 3.11 bits per heavy atom. The average molecular weight is 261 g/mol. The number of aromatic nitrogens is 1. The molecule has 3 nitrogen and oxygen atoms in total. The Labute approximate surface area is 113 Å². The Kier molecular flexibility index (Phi) is 4.48. The van der Waals surface area contributed by atoms with Crippen LogP contribution in [0.4, 0.5) is 5.82 Å². The molecule has 1 heterocycles. The van der Waals surface area contributed by atoms with Gasteiger partial charge in [0.05, 0.1) is 5.56 Å². The fourth-order valence-corrected chi connectivity index (χ4v) is 3.69. The van der Waals surface area contributed by atoms with Gasteiger partial charge >= 0.3 is 0 Å². The summed E-state index contributed by atoms with van der Waals surface area (Å²) in [5.41, 5.74) is 1.68. The maximum absolute atomic E-state index is 9.21. The molecule has 2 rings (SSSR count). The Balaban J connectivity index is 2.14. The van der Waals surface area contributed by atoms with Crippen molar-refractivity contribution in [1.82, 2.24) is 4.98 Å². The Morgan fingerprint density at radius 1 is 1.56 bits per heavy atom. The molecule has 1 aliphatic carbocycles. The molecule has 2 atom stereocenters. The summed E-state index contributed by atoms with van der Waals surface area (Å²) in [4.78, 5) is 4.33. The van der Waals surface area contributed by atoms with E-state index in [4.69, 9.17) is 0 Å². The van der Waals surface area contributed by atoms with Crippen molar-refractivity contribution in [1.29, 1.82) is 5.26 Å². The van der Waals surface area contributed by atoms with Gasteiger partial charge in [0.2, 0.25) is 0 Å². The van der Waals surface area contributed by atoms with Crippen molar-refractivity contribution < 1.29 is 0 Å². The predicted molar refractivity (Wildman–Crippen MR) is 76.9 cm³/mol. The summed E-state index contributed by atoms with van der Waals surface area (Å²) in [6, 6.07) is 4.59. The van der Waals surface area contributed by atoms with Crippen LogP contribution in [0.15, 0.2) is 12.3 Å². The second-order valence-electron chi connectivity index (χ2n) is 4.64. The van der Waals surface area contributed by atoms with Gasteiger partial charge in [-0.3, -0.25) is 0 Å². The second kappa shape index (κ2) is 6.10. The van der Waals surface area contributed by atoms with Crippen LogP contribution in [0.3, 0.4) is 0 Å². The quantitative estimate of drug-likeness (QED) is 0.903. The van der Waals surface area contributed by atoms with Gasteiger partial charge in [0.25, 0.3) is 0 Å². The van der Waals surface area contributed by atoms with Crippen LogP contribution in [0.1, 0.15) is 37.3 Å². The Bertz CT molecular complexity index is 453. The van der Waals surface area contributed by atoms with Crippen molar-refractivity contribution in [2.24, 2.45) is 0 Å². The number of nitrogens with one attached hydrogen (secondary N) is 1. The van der Waals surface area contributed by atoms with E-state index < -0.39 is 0 Å². The zero-order chi connectivity index (χ0) is 13.0. The smallest absolute Gasteiger partial charge is 0.144 e. The maximum Gasteiger partial charge on any atom is 0.144 e. The van der Waals surface area contributed by atoms with E-state index in [0.717, 1.165) is 17.1 Å². The van der Waals surface area contributed by atoms with E-state index in [0.29, 0.717) is 16.9 Å². The number of hydrogen-bond donors (Lipinski definition) is 1. The first-order valence-electron chi connectivity index (χ1n) is 6.50. The highest BCUT2D eigenvalue weighted by atomic mass is 32.2. The van der Waals surface area contributed by atoms with E-state index >= 15 is 0 Å². The fourth-order valence-electron chi connectivity index (χ4n) is 2.49. The number of nitrogens with zero attached hydrogens (tertiary/aromatic N) is 2. The molecule has 0 spiro atoms. The summed E-state index contributed by atoms with van der Waals surface area (Å²) in [7, 11) is 0. The topological polar surface area (TPSA) is 48.7 Å². The van der Waals surface area contributed by atoms with Gasteiger partial charge in [0.15, 0.2) is 0 Å². The first kappa shape index (κ1) is 13.2. The highest BCUT2D eigenvalue weighted by molar-refractivity contribution is 7.99. The highest BCUT2D eigenvalue weighted by Gasteiger charge is 2.27. The number of pyridine rings is 1. The van der Waals surface area contributed by atoms with Crippen LogP contribution in [-0.4, -0.2) is 22.0 Å². The van der Waals surface area contributed by atoms with Crippen LogP contribution in [0, 0.1) is 18.3 Å². The number of aryl methyl sites for hydroxylation is 1. The third kappa shape index (κ3) is 2.78. The molecule has 2 unspecified atom stereocenters. The summed E-state index contributed by atoms with van der Waals surface area (Å²) in [6.07, 6.45) is 5.49. The molecule has 0 saturated heterocycles. The molecule has 1 fully saturated rings. The van der Waals surface area contributed by atoms with Crippen molar-refractivity contribution in [3.63, 3.8) is 0 Å². The lowest BCUT2D eigenvalue weighted by atomic mass is 10.1. The summed E-state index contributed by atoms with van der Waals surface area (Å²) < 4.78 is 0. The number of anilines is 1. The van der Waals surface area contributed by atoms with Crippen molar-refractivity contribution in [2.75, 3.05) is 11.1 Å². The molecule has 0 radical (unpaired) electrons. The molecule has 1 aromatic heterocycles. The molecule has 1 aromatic rings. The molecule has 0 bridgehead atoms. The average Bonchev–Trinajstić information content (AvgIpc) is 2.78. The monoisotopic (exact) mass is 261 g/mol. The molecule has 1 aliphatic rings. The minimum atomic E-state index is 0.455. The molecule has 4 heteroatoms. The summed E-state index contributed by atoms with van der Waals surface area (Å²) in [5, 5.41) is 13.3. The van der Waals surface area contributed by atoms with Crippen LogP contribution in [0.2, 0.25) is 0 Å². The zero-order valence-electron chi connectivity index (χ0n) is 10.9. The van der Waals surface area contributed by atoms with Gasteiger partial charge in [0, 0.05) is 17.5 Å². The normalized spacial score (nSPS) is 22.7. The van der Waals surface area contributed by atoms with Crippen LogP contribution >= 0.6 is 11.8 Å². The minimum Gasteiger partial charge on any atom is -0.365 e. The highest BCUT2D eigenvalue weighted by Crippen LogP contribution is 2.32. The van der Waals surface area contributed by atoms with Gasteiger partial charge < -0.3 is 5.32 Å². The van der Waals surface area contributed by atoms with Crippen LogP contribution in [-0.2, 0) is 0 Å². The Morgan fingerprint density at radius 2 is 2.39 bits per heavy atom. The first-order chi connectivity index (χ1) is 8.76.